The average molecular weight is 278 g/mol. The molecule has 0 bridgehead atoms. The summed E-state index contributed by atoms with van der Waals surface area (Å²) in [6.45, 7) is 0. The Labute approximate surface area is 115 Å². The lowest BCUT2D eigenvalue weighted by Gasteiger charge is -2.22. The number of hydrogen-bond donors (Lipinski definition) is 2. The number of hydrogen-bond acceptors (Lipinski definition) is 2. The van der Waals surface area contributed by atoms with Crippen molar-refractivity contribution in [1.82, 2.24) is 0 Å². The smallest absolute Gasteiger partial charge is 0.125 e. The molecule has 0 atom stereocenters. The predicted octanol–water partition coefficient (Wildman–Crippen LogP) is 3.53. The summed E-state index contributed by atoms with van der Waals surface area (Å²) < 4.78 is 13.3. The highest BCUT2D eigenvalue weighted by Crippen LogP contribution is 2.29. The molecule has 0 saturated heterocycles. The van der Waals surface area contributed by atoms with Gasteiger partial charge in [-0.1, -0.05) is 17.7 Å². The molecule has 0 radical (unpaired) electrons. The molecule has 0 aliphatic carbocycles. The third-order valence-corrected chi connectivity index (χ3v) is 3.04. The molecule has 0 aliphatic heterocycles. The Hall–Kier alpha value is -2.07. The van der Waals surface area contributed by atoms with Crippen molar-refractivity contribution in [2.75, 3.05) is 11.9 Å². The Bertz CT molecular complexity index is 628. The molecular formula is C14H13ClFN3. The molecule has 2 aromatic rings. The van der Waals surface area contributed by atoms with E-state index in [4.69, 9.17) is 22.7 Å². The van der Waals surface area contributed by atoms with E-state index in [1.165, 1.54) is 12.1 Å². The van der Waals surface area contributed by atoms with Crippen LogP contribution >= 0.6 is 11.6 Å². The number of halogens is 2. The van der Waals surface area contributed by atoms with E-state index in [9.17, 15) is 4.39 Å². The first kappa shape index (κ1) is 13.4. The Balaban J connectivity index is 2.51. The SMILES string of the molecule is CN(c1cccc(F)c1)c1cc(Cl)ccc1C(=N)N. The Morgan fingerprint density at radius 1 is 1.26 bits per heavy atom. The van der Waals surface area contributed by atoms with E-state index in [2.05, 4.69) is 0 Å². The summed E-state index contributed by atoms with van der Waals surface area (Å²) in [5.74, 6) is -0.384. The number of rotatable bonds is 3. The van der Waals surface area contributed by atoms with Crippen LogP contribution in [0.2, 0.25) is 5.02 Å². The number of anilines is 2. The molecule has 0 spiro atoms. The van der Waals surface area contributed by atoms with Crippen LogP contribution < -0.4 is 10.6 Å². The van der Waals surface area contributed by atoms with Gasteiger partial charge in [-0.25, -0.2) is 4.39 Å². The zero-order valence-electron chi connectivity index (χ0n) is 10.3. The molecule has 2 rings (SSSR count). The highest BCUT2D eigenvalue weighted by Gasteiger charge is 2.12. The molecule has 0 heterocycles. The maximum absolute atomic E-state index is 13.3. The molecule has 0 aliphatic rings. The van der Waals surface area contributed by atoms with Crippen molar-refractivity contribution in [3.05, 3.63) is 58.9 Å². The minimum atomic E-state index is -0.323. The van der Waals surface area contributed by atoms with Gasteiger partial charge in [0.1, 0.15) is 11.7 Å². The van der Waals surface area contributed by atoms with Crippen LogP contribution in [-0.4, -0.2) is 12.9 Å². The van der Waals surface area contributed by atoms with Gasteiger partial charge in [0, 0.05) is 23.3 Å². The van der Waals surface area contributed by atoms with Gasteiger partial charge in [0.05, 0.1) is 5.69 Å². The van der Waals surface area contributed by atoms with E-state index in [1.54, 1.807) is 42.3 Å². The van der Waals surface area contributed by atoms with Crippen molar-refractivity contribution in [1.29, 1.82) is 5.41 Å². The van der Waals surface area contributed by atoms with Crippen LogP contribution in [0.1, 0.15) is 5.56 Å². The fraction of sp³-hybridized carbons (Fsp3) is 0.0714. The molecule has 0 amide bonds. The second-order valence-electron chi connectivity index (χ2n) is 4.11. The van der Waals surface area contributed by atoms with Crippen molar-refractivity contribution in [2.24, 2.45) is 5.73 Å². The molecule has 98 valence electrons. The summed E-state index contributed by atoms with van der Waals surface area (Å²) in [5, 5.41) is 8.11. The topological polar surface area (TPSA) is 53.1 Å². The molecule has 0 aromatic heterocycles. The molecule has 0 unspecified atom stereocenters. The van der Waals surface area contributed by atoms with Crippen molar-refractivity contribution >= 4 is 28.8 Å². The normalized spacial score (nSPS) is 10.3. The first-order valence-corrected chi connectivity index (χ1v) is 6.00. The number of benzene rings is 2. The lowest BCUT2D eigenvalue weighted by Crippen LogP contribution is -2.18. The number of amidine groups is 1. The minimum Gasteiger partial charge on any atom is -0.384 e. The van der Waals surface area contributed by atoms with Gasteiger partial charge < -0.3 is 10.6 Å². The summed E-state index contributed by atoms with van der Waals surface area (Å²) in [4.78, 5) is 1.74. The first-order chi connectivity index (χ1) is 8.99. The van der Waals surface area contributed by atoms with Crippen molar-refractivity contribution < 1.29 is 4.39 Å². The summed E-state index contributed by atoms with van der Waals surface area (Å²) in [6, 6.07) is 11.2. The molecule has 3 nitrogen and oxygen atoms in total. The number of nitrogen functional groups attached to an aromatic ring is 1. The molecule has 5 heteroatoms. The van der Waals surface area contributed by atoms with Gasteiger partial charge in [-0.15, -0.1) is 0 Å². The number of nitrogens with zero attached hydrogens (tertiary/aromatic N) is 1. The lowest BCUT2D eigenvalue weighted by molar-refractivity contribution is 0.628. The van der Waals surface area contributed by atoms with E-state index < -0.39 is 0 Å². The highest BCUT2D eigenvalue weighted by atomic mass is 35.5. The van der Waals surface area contributed by atoms with Crippen molar-refractivity contribution in [3.8, 4) is 0 Å². The zero-order chi connectivity index (χ0) is 14.0. The number of nitrogens with one attached hydrogen (secondary N) is 1. The Kier molecular flexibility index (Phi) is 3.71. The van der Waals surface area contributed by atoms with Crippen molar-refractivity contribution in [3.63, 3.8) is 0 Å². The first-order valence-electron chi connectivity index (χ1n) is 5.62. The van der Waals surface area contributed by atoms with E-state index in [0.29, 0.717) is 22.0 Å². The molecule has 3 N–H and O–H groups in total. The molecule has 0 saturated carbocycles. The van der Waals surface area contributed by atoms with Crippen LogP contribution in [0, 0.1) is 11.2 Å². The Morgan fingerprint density at radius 2 is 2.00 bits per heavy atom. The monoisotopic (exact) mass is 277 g/mol. The van der Waals surface area contributed by atoms with Crippen LogP contribution in [0.3, 0.4) is 0 Å². The van der Waals surface area contributed by atoms with E-state index >= 15 is 0 Å². The summed E-state index contributed by atoms with van der Waals surface area (Å²) in [6.07, 6.45) is 0. The second-order valence-corrected chi connectivity index (χ2v) is 4.55. The fourth-order valence-corrected chi connectivity index (χ4v) is 2.00. The maximum Gasteiger partial charge on any atom is 0.125 e. The van der Waals surface area contributed by atoms with E-state index in [-0.39, 0.29) is 11.7 Å². The third-order valence-electron chi connectivity index (χ3n) is 2.81. The fourth-order valence-electron chi connectivity index (χ4n) is 1.83. The van der Waals surface area contributed by atoms with Crippen molar-refractivity contribution in [2.45, 2.75) is 0 Å². The standard InChI is InChI=1S/C14H13ClFN3/c1-19(11-4-2-3-10(16)8-11)13-7-9(15)5-6-12(13)14(17)18/h2-8H,1H3,(H3,17,18). The van der Waals surface area contributed by atoms with Gasteiger partial charge in [-0.3, -0.25) is 5.41 Å². The molecule has 0 fully saturated rings. The van der Waals surface area contributed by atoms with Gasteiger partial charge in [0.15, 0.2) is 0 Å². The lowest BCUT2D eigenvalue weighted by atomic mass is 10.1. The molecule has 19 heavy (non-hydrogen) atoms. The van der Waals surface area contributed by atoms with Gasteiger partial charge in [-0.05, 0) is 36.4 Å². The van der Waals surface area contributed by atoms with E-state index in [1.807, 2.05) is 0 Å². The van der Waals surface area contributed by atoms with Crippen LogP contribution in [0.5, 0.6) is 0 Å². The second kappa shape index (κ2) is 5.28. The van der Waals surface area contributed by atoms with Gasteiger partial charge in [-0.2, -0.15) is 0 Å². The minimum absolute atomic E-state index is 0.0603. The molecular weight excluding hydrogens is 265 g/mol. The molecule has 2 aromatic carbocycles. The van der Waals surface area contributed by atoms with Gasteiger partial charge >= 0.3 is 0 Å². The van der Waals surface area contributed by atoms with Crippen LogP contribution in [0.25, 0.3) is 0 Å². The maximum atomic E-state index is 13.3. The van der Waals surface area contributed by atoms with Crippen LogP contribution in [-0.2, 0) is 0 Å². The average Bonchev–Trinajstić information content (AvgIpc) is 2.37. The summed E-state index contributed by atoms with van der Waals surface area (Å²) in [5.41, 5.74) is 7.42. The Morgan fingerprint density at radius 3 is 2.63 bits per heavy atom. The van der Waals surface area contributed by atoms with E-state index in [0.717, 1.165) is 0 Å². The largest absolute Gasteiger partial charge is 0.384 e. The van der Waals surface area contributed by atoms with Crippen LogP contribution in [0.4, 0.5) is 15.8 Å². The summed E-state index contributed by atoms with van der Waals surface area (Å²) in [7, 11) is 1.77. The van der Waals surface area contributed by atoms with Gasteiger partial charge in [0.2, 0.25) is 0 Å². The number of nitrogens with two attached hydrogens (primary N) is 1. The predicted molar refractivity (Wildman–Crippen MR) is 76.9 cm³/mol. The quantitative estimate of drug-likeness (QED) is 0.666. The zero-order valence-corrected chi connectivity index (χ0v) is 11.1. The highest BCUT2D eigenvalue weighted by molar-refractivity contribution is 6.31. The van der Waals surface area contributed by atoms with Gasteiger partial charge in [0.25, 0.3) is 0 Å². The summed E-state index contributed by atoms with van der Waals surface area (Å²) >= 11 is 5.97. The van der Waals surface area contributed by atoms with Crippen LogP contribution in [0.15, 0.2) is 42.5 Å². The third kappa shape index (κ3) is 2.85.